The van der Waals surface area contributed by atoms with Crippen LogP contribution in [0.5, 0.6) is 0 Å². The number of aliphatic hydroxyl groups excluding tert-OH is 1. The van der Waals surface area contributed by atoms with E-state index in [0.717, 1.165) is 5.56 Å². The minimum Gasteiger partial charge on any atom is -0.472 e. The number of carbonyl (C=O) groups excluding carboxylic acids is 2. The van der Waals surface area contributed by atoms with Crippen LogP contribution >= 0.6 is 11.6 Å². The van der Waals surface area contributed by atoms with E-state index in [4.69, 9.17) is 25.6 Å². The van der Waals surface area contributed by atoms with Gasteiger partial charge < -0.3 is 14.3 Å². The molecule has 5 aliphatic rings. The van der Waals surface area contributed by atoms with Gasteiger partial charge in [-0.3, -0.25) is 9.63 Å². The number of aliphatic hydroxyl groups is 1. The third-order valence-electron chi connectivity index (χ3n) is 10.1. The van der Waals surface area contributed by atoms with Crippen LogP contribution in [0.4, 0.5) is 8.78 Å². The topological polar surface area (TPSA) is 89.2 Å². The summed E-state index contributed by atoms with van der Waals surface area (Å²) in [5, 5.41) is 13.2. The van der Waals surface area contributed by atoms with Crippen molar-refractivity contribution < 1.29 is 37.5 Å². The standard InChI is InChI=1S/C27H30ClF2NO6/c1-24-5-3-17(32)8-20(24)21(29)9-19-18-7-16-12-31(11-15-4-6-35-13-15)37-27(16,23(34)36-14-28)25(18,2)10-22(33)26(19,24)30/h3-6,13,16,18-19,22,33H,7-12,14H2,1-2H3/t16-,18-,19-,22-,24-,25-,26-,27-/m0/s1. The van der Waals surface area contributed by atoms with Crippen molar-refractivity contribution in [2.45, 2.75) is 63.4 Å². The van der Waals surface area contributed by atoms with Gasteiger partial charge in [0.05, 0.1) is 25.2 Å². The number of rotatable bonds is 4. The number of nitrogens with zero attached hydrogens (tertiary/aromatic N) is 1. The molecule has 3 fully saturated rings. The third kappa shape index (κ3) is 3.08. The van der Waals surface area contributed by atoms with Crippen molar-refractivity contribution in [2.24, 2.45) is 28.6 Å². The van der Waals surface area contributed by atoms with Crippen LogP contribution in [0.25, 0.3) is 0 Å². The Morgan fingerprint density at radius 1 is 1.35 bits per heavy atom. The van der Waals surface area contributed by atoms with Gasteiger partial charge in [0.1, 0.15) is 5.83 Å². The summed E-state index contributed by atoms with van der Waals surface area (Å²) in [6.45, 7) is 4.11. The Kier molecular flexibility index (Phi) is 5.60. The van der Waals surface area contributed by atoms with Gasteiger partial charge >= 0.3 is 5.97 Å². The molecular weight excluding hydrogens is 508 g/mol. The van der Waals surface area contributed by atoms with Gasteiger partial charge in [-0.15, -0.1) is 0 Å². The maximum absolute atomic E-state index is 17.4. The van der Waals surface area contributed by atoms with Crippen molar-refractivity contribution in [3.05, 3.63) is 47.7 Å². The Balaban J connectivity index is 1.43. The number of halogens is 3. The molecule has 2 saturated carbocycles. The summed E-state index contributed by atoms with van der Waals surface area (Å²) in [5.74, 6) is -3.25. The molecule has 0 unspecified atom stereocenters. The molecule has 37 heavy (non-hydrogen) atoms. The van der Waals surface area contributed by atoms with Crippen LogP contribution in [0.3, 0.4) is 0 Å². The first-order valence-corrected chi connectivity index (χ1v) is 13.2. The summed E-state index contributed by atoms with van der Waals surface area (Å²) < 4.78 is 43.5. The lowest BCUT2D eigenvalue weighted by Gasteiger charge is -2.62. The Hall–Kier alpha value is -2.07. The number of ketones is 1. The minimum atomic E-state index is -2.22. The first-order valence-electron chi connectivity index (χ1n) is 12.7. The zero-order valence-corrected chi connectivity index (χ0v) is 21.5. The van der Waals surface area contributed by atoms with Crippen molar-refractivity contribution in [3.63, 3.8) is 0 Å². The molecule has 2 heterocycles. The van der Waals surface area contributed by atoms with Gasteiger partial charge in [-0.1, -0.05) is 24.6 Å². The number of fused-ring (bicyclic) bond motifs is 7. The van der Waals surface area contributed by atoms with Gasteiger partial charge in [-0.2, -0.15) is 5.06 Å². The first-order chi connectivity index (χ1) is 17.5. The normalized spacial score (nSPS) is 44.9. The SMILES string of the molecule is C[C@]12C=CC(=O)CC1=C(F)C[C@H]1[C@@H]3C[C@H]4CN(Cc5ccoc5)O[C@@]4(C(=O)OCCl)[C@@]3(C)C[C@H](O)[C@@]12F. The molecule has 4 aliphatic carbocycles. The van der Waals surface area contributed by atoms with Gasteiger partial charge in [0.15, 0.2) is 23.1 Å². The van der Waals surface area contributed by atoms with Crippen LogP contribution in [0, 0.1) is 28.6 Å². The number of ether oxygens (including phenoxy) is 1. The maximum atomic E-state index is 17.4. The molecule has 0 amide bonds. The number of hydroxylamine groups is 2. The molecule has 7 nitrogen and oxygen atoms in total. The quantitative estimate of drug-likeness (QED) is 0.450. The molecule has 8 atom stereocenters. The van der Waals surface area contributed by atoms with E-state index >= 15 is 8.78 Å². The average Bonchev–Trinajstić information content (AvgIpc) is 3.54. The maximum Gasteiger partial charge on any atom is 0.342 e. The van der Waals surface area contributed by atoms with E-state index in [2.05, 4.69) is 0 Å². The van der Waals surface area contributed by atoms with Gasteiger partial charge in [-0.05, 0) is 43.4 Å². The predicted molar refractivity (Wildman–Crippen MR) is 127 cm³/mol. The summed E-state index contributed by atoms with van der Waals surface area (Å²) in [5.41, 5.74) is -5.30. The van der Waals surface area contributed by atoms with Crippen LogP contribution in [-0.2, 0) is 25.7 Å². The van der Waals surface area contributed by atoms with Crippen LogP contribution in [0.1, 0.15) is 45.1 Å². The number of allylic oxidation sites excluding steroid dienone is 4. The number of hydrogen-bond donors (Lipinski definition) is 1. The molecular formula is C27H30ClF2NO6. The zero-order valence-electron chi connectivity index (χ0n) is 20.7. The molecule has 10 heteroatoms. The Bertz CT molecular complexity index is 1200. The van der Waals surface area contributed by atoms with Crippen molar-refractivity contribution in [1.29, 1.82) is 0 Å². The Morgan fingerprint density at radius 3 is 2.84 bits per heavy atom. The highest BCUT2D eigenvalue weighted by Crippen LogP contribution is 2.72. The van der Waals surface area contributed by atoms with E-state index in [1.54, 1.807) is 30.6 Å². The van der Waals surface area contributed by atoms with E-state index < -0.39 is 51.8 Å². The van der Waals surface area contributed by atoms with Gasteiger partial charge in [0, 0.05) is 47.6 Å². The van der Waals surface area contributed by atoms with Crippen molar-refractivity contribution in [3.8, 4) is 0 Å². The van der Waals surface area contributed by atoms with Crippen LogP contribution in [0.2, 0.25) is 0 Å². The molecule has 1 aromatic heterocycles. The second kappa shape index (κ2) is 8.21. The number of hydrogen-bond acceptors (Lipinski definition) is 7. The van der Waals surface area contributed by atoms with Crippen molar-refractivity contribution >= 4 is 23.4 Å². The number of esters is 1. The molecule has 6 rings (SSSR count). The summed E-state index contributed by atoms with van der Waals surface area (Å²) in [6, 6.07) is 1.42. The average molecular weight is 538 g/mol. The van der Waals surface area contributed by atoms with E-state index in [9.17, 15) is 14.7 Å². The van der Waals surface area contributed by atoms with E-state index in [1.165, 1.54) is 12.2 Å². The Morgan fingerprint density at radius 2 is 2.14 bits per heavy atom. The molecule has 200 valence electrons. The highest BCUT2D eigenvalue weighted by molar-refractivity contribution is 6.17. The zero-order chi connectivity index (χ0) is 26.4. The predicted octanol–water partition coefficient (Wildman–Crippen LogP) is 4.40. The molecule has 0 radical (unpaired) electrons. The first kappa shape index (κ1) is 25.2. The molecule has 1 N–H and O–H groups in total. The molecule has 0 bridgehead atoms. The van der Waals surface area contributed by atoms with Crippen LogP contribution in [-0.4, -0.2) is 51.9 Å². The second-order valence-electron chi connectivity index (χ2n) is 11.6. The van der Waals surface area contributed by atoms with Gasteiger partial charge in [0.2, 0.25) is 0 Å². The minimum absolute atomic E-state index is 0.0929. The highest BCUT2D eigenvalue weighted by atomic mass is 35.5. The molecule has 1 aliphatic heterocycles. The number of furan rings is 1. The summed E-state index contributed by atoms with van der Waals surface area (Å²) >= 11 is 5.80. The van der Waals surface area contributed by atoms with E-state index in [-0.39, 0.29) is 42.6 Å². The lowest BCUT2D eigenvalue weighted by Crippen LogP contribution is -2.69. The Labute approximate surface area is 218 Å². The molecule has 0 spiro atoms. The van der Waals surface area contributed by atoms with Gasteiger partial charge in [-0.25, -0.2) is 13.6 Å². The van der Waals surface area contributed by atoms with Gasteiger partial charge in [0.25, 0.3) is 0 Å². The lowest BCUT2D eigenvalue weighted by atomic mass is 9.45. The summed E-state index contributed by atoms with van der Waals surface area (Å²) in [7, 11) is 0. The number of alkyl halides is 2. The smallest absolute Gasteiger partial charge is 0.342 e. The molecule has 1 saturated heterocycles. The van der Waals surface area contributed by atoms with E-state index in [1.807, 2.05) is 6.92 Å². The molecule has 1 aromatic rings. The third-order valence-corrected chi connectivity index (χ3v) is 10.2. The fourth-order valence-electron chi connectivity index (χ4n) is 8.47. The monoisotopic (exact) mass is 537 g/mol. The lowest BCUT2D eigenvalue weighted by molar-refractivity contribution is -0.274. The largest absolute Gasteiger partial charge is 0.472 e. The van der Waals surface area contributed by atoms with E-state index in [0.29, 0.717) is 19.5 Å². The summed E-state index contributed by atoms with van der Waals surface area (Å²) in [4.78, 5) is 32.1. The fourth-order valence-corrected chi connectivity index (χ4v) is 8.57. The highest BCUT2D eigenvalue weighted by Gasteiger charge is 2.80. The number of carbonyl (C=O) groups is 2. The second-order valence-corrected chi connectivity index (χ2v) is 11.9. The van der Waals surface area contributed by atoms with Crippen molar-refractivity contribution in [2.75, 3.05) is 12.6 Å². The molecule has 0 aromatic carbocycles. The fraction of sp³-hybridized carbons (Fsp3) is 0.630. The van der Waals surface area contributed by atoms with Crippen molar-refractivity contribution in [1.82, 2.24) is 5.06 Å². The summed E-state index contributed by atoms with van der Waals surface area (Å²) in [6.07, 6.45) is 4.17. The van der Waals surface area contributed by atoms with Crippen LogP contribution < -0.4 is 0 Å². The van der Waals surface area contributed by atoms with Crippen LogP contribution in [0.15, 0.2) is 46.6 Å².